The number of carbonyl (C=O) groups excluding carboxylic acids is 2. The van der Waals surface area contributed by atoms with Gasteiger partial charge < -0.3 is 20.6 Å². The van der Waals surface area contributed by atoms with Crippen molar-refractivity contribution < 1.29 is 14.7 Å². The third-order valence-corrected chi connectivity index (χ3v) is 5.97. The number of rotatable bonds is 4. The van der Waals surface area contributed by atoms with Crippen LogP contribution < -0.4 is 5.73 Å². The summed E-state index contributed by atoms with van der Waals surface area (Å²) < 4.78 is 0. The van der Waals surface area contributed by atoms with Gasteiger partial charge in [0.1, 0.15) is 12.1 Å². The Hall–Kier alpha value is -0.790. The van der Waals surface area contributed by atoms with Crippen LogP contribution in [-0.2, 0) is 9.59 Å². The highest BCUT2D eigenvalue weighted by molar-refractivity contribution is 8.00. The van der Waals surface area contributed by atoms with Crippen LogP contribution in [0, 0.1) is 5.92 Å². The fourth-order valence-corrected chi connectivity index (χ4v) is 4.47. The lowest BCUT2D eigenvalue weighted by Crippen LogP contribution is -2.55. The molecule has 2 saturated heterocycles. The van der Waals surface area contributed by atoms with Crippen LogP contribution in [0.15, 0.2) is 0 Å². The van der Waals surface area contributed by atoms with Gasteiger partial charge in [-0.15, -0.1) is 11.8 Å². The van der Waals surface area contributed by atoms with Gasteiger partial charge in [0, 0.05) is 18.8 Å². The molecule has 22 heavy (non-hydrogen) atoms. The van der Waals surface area contributed by atoms with Crippen molar-refractivity contribution >= 4 is 23.6 Å². The van der Waals surface area contributed by atoms with Crippen LogP contribution in [0.5, 0.6) is 0 Å². The van der Waals surface area contributed by atoms with Gasteiger partial charge >= 0.3 is 0 Å². The number of amides is 2. The standard InChI is InChI=1S/C15H27N3O3S/c1-9(2)15-18(7-8-22-15)13(20)11-5-4-6-17(11)14(21)12(16)10(3)19/h9-12,15,19H,4-8,16H2,1-3H3/t10?,11-,12?,15?/m0/s1. The zero-order chi connectivity index (χ0) is 16.4. The zero-order valence-corrected chi connectivity index (χ0v) is 14.4. The van der Waals surface area contributed by atoms with E-state index in [2.05, 4.69) is 13.8 Å². The van der Waals surface area contributed by atoms with Crippen molar-refractivity contribution in [3.63, 3.8) is 0 Å². The molecule has 3 N–H and O–H groups in total. The Morgan fingerprint density at radius 2 is 1.91 bits per heavy atom. The third kappa shape index (κ3) is 3.41. The van der Waals surface area contributed by atoms with E-state index in [1.807, 2.05) is 4.90 Å². The summed E-state index contributed by atoms with van der Waals surface area (Å²) in [5.74, 6) is 1.05. The number of carbonyl (C=O) groups is 2. The second-order valence-electron chi connectivity index (χ2n) is 6.49. The minimum atomic E-state index is -0.956. The van der Waals surface area contributed by atoms with E-state index in [0.717, 1.165) is 18.7 Å². The second kappa shape index (κ2) is 7.19. The maximum Gasteiger partial charge on any atom is 0.246 e. The molecule has 2 amide bonds. The Labute approximate surface area is 136 Å². The lowest BCUT2D eigenvalue weighted by Gasteiger charge is -2.33. The van der Waals surface area contributed by atoms with Crippen LogP contribution in [0.4, 0.5) is 0 Å². The smallest absolute Gasteiger partial charge is 0.246 e. The number of hydrogen-bond donors (Lipinski definition) is 2. The number of nitrogens with zero attached hydrogens (tertiary/aromatic N) is 2. The van der Waals surface area contributed by atoms with Crippen LogP contribution >= 0.6 is 11.8 Å². The number of likely N-dealkylation sites (tertiary alicyclic amines) is 1. The summed E-state index contributed by atoms with van der Waals surface area (Å²) in [4.78, 5) is 28.8. The first-order valence-electron chi connectivity index (χ1n) is 8.00. The summed E-state index contributed by atoms with van der Waals surface area (Å²) >= 11 is 1.80. The first kappa shape index (κ1) is 17.6. The van der Waals surface area contributed by atoms with Crippen molar-refractivity contribution in [2.45, 2.75) is 57.2 Å². The van der Waals surface area contributed by atoms with Crippen LogP contribution in [0.25, 0.3) is 0 Å². The molecule has 0 bridgehead atoms. The van der Waals surface area contributed by atoms with Gasteiger partial charge in [-0.05, 0) is 25.7 Å². The van der Waals surface area contributed by atoms with E-state index in [-0.39, 0.29) is 17.2 Å². The van der Waals surface area contributed by atoms with Crippen molar-refractivity contribution in [2.24, 2.45) is 11.7 Å². The van der Waals surface area contributed by atoms with E-state index in [1.54, 1.807) is 16.7 Å². The molecule has 3 unspecified atom stereocenters. The first-order chi connectivity index (χ1) is 10.3. The Balaban J connectivity index is 2.10. The molecule has 2 rings (SSSR count). The monoisotopic (exact) mass is 329 g/mol. The van der Waals surface area contributed by atoms with E-state index in [1.165, 1.54) is 6.92 Å². The number of hydrogen-bond acceptors (Lipinski definition) is 5. The molecule has 0 aromatic rings. The number of thioether (sulfide) groups is 1. The molecule has 0 radical (unpaired) electrons. The molecule has 0 aliphatic carbocycles. The molecular formula is C15H27N3O3S. The summed E-state index contributed by atoms with van der Waals surface area (Å²) in [7, 11) is 0. The molecule has 2 aliphatic rings. The molecule has 0 saturated carbocycles. The zero-order valence-electron chi connectivity index (χ0n) is 13.6. The van der Waals surface area contributed by atoms with Crippen molar-refractivity contribution in [2.75, 3.05) is 18.8 Å². The average molecular weight is 329 g/mol. The fourth-order valence-electron chi connectivity index (χ4n) is 3.15. The summed E-state index contributed by atoms with van der Waals surface area (Å²) in [6.45, 7) is 7.02. The van der Waals surface area contributed by atoms with Gasteiger partial charge in [-0.1, -0.05) is 13.8 Å². The molecule has 0 aromatic carbocycles. The molecular weight excluding hydrogens is 302 g/mol. The molecule has 2 aliphatic heterocycles. The van der Waals surface area contributed by atoms with E-state index in [4.69, 9.17) is 5.73 Å². The predicted molar refractivity (Wildman–Crippen MR) is 87.2 cm³/mol. The highest BCUT2D eigenvalue weighted by atomic mass is 32.2. The fraction of sp³-hybridized carbons (Fsp3) is 0.867. The summed E-state index contributed by atoms with van der Waals surface area (Å²) in [5.41, 5.74) is 5.76. The molecule has 7 heteroatoms. The van der Waals surface area contributed by atoms with Gasteiger partial charge in [0.15, 0.2) is 0 Å². The summed E-state index contributed by atoms with van der Waals surface area (Å²) in [6.07, 6.45) is 0.583. The van der Waals surface area contributed by atoms with Crippen molar-refractivity contribution in [1.82, 2.24) is 9.80 Å². The Morgan fingerprint density at radius 3 is 2.50 bits per heavy atom. The molecule has 4 atom stereocenters. The highest BCUT2D eigenvalue weighted by Gasteiger charge is 2.42. The van der Waals surface area contributed by atoms with Crippen molar-refractivity contribution in [3.05, 3.63) is 0 Å². The van der Waals surface area contributed by atoms with E-state index < -0.39 is 18.2 Å². The molecule has 2 heterocycles. The lowest BCUT2D eigenvalue weighted by atomic mass is 10.1. The SMILES string of the molecule is CC(C)C1SCCN1C(=O)[C@@H]1CCCN1C(=O)C(N)C(C)O. The number of aliphatic hydroxyl groups excluding tert-OH is 1. The molecule has 0 spiro atoms. The van der Waals surface area contributed by atoms with Crippen LogP contribution in [0.2, 0.25) is 0 Å². The first-order valence-corrected chi connectivity index (χ1v) is 9.05. The van der Waals surface area contributed by atoms with Gasteiger partial charge in [-0.3, -0.25) is 9.59 Å². The lowest BCUT2D eigenvalue weighted by molar-refractivity contribution is -0.146. The maximum atomic E-state index is 12.9. The molecule has 126 valence electrons. The number of aliphatic hydroxyl groups is 1. The highest BCUT2D eigenvalue weighted by Crippen LogP contribution is 2.32. The Kier molecular flexibility index (Phi) is 5.74. The summed E-state index contributed by atoms with van der Waals surface area (Å²) in [6, 6.07) is -1.38. The van der Waals surface area contributed by atoms with Crippen molar-refractivity contribution in [1.29, 1.82) is 0 Å². The van der Waals surface area contributed by atoms with E-state index in [0.29, 0.717) is 18.9 Å². The average Bonchev–Trinajstić information content (AvgIpc) is 3.13. The van der Waals surface area contributed by atoms with Crippen LogP contribution in [0.1, 0.15) is 33.6 Å². The predicted octanol–water partition coefficient (Wildman–Crippen LogP) is 0.243. The van der Waals surface area contributed by atoms with Gasteiger partial charge in [0.2, 0.25) is 11.8 Å². The Morgan fingerprint density at radius 1 is 1.23 bits per heavy atom. The number of nitrogens with two attached hydrogens (primary N) is 1. The quantitative estimate of drug-likeness (QED) is 0.772. The molecule has 0 aromatic heterocycles. The Bertz CT molecular complexity index is 430. The maximum absolute atomic E-state index is 12.9. The van der Waals surface area contributed by atoms with E-state index in [9.17, 15) is 14.7 Å². The second-order valence-corrected chi connectivity index (χ2v) is 7.72. The van der Waals surface area contributed by atoms with Gasteiger partial charge in [0.25, 0.3) is 0 Å². The van der Waals surface area contributed by atoms with E-state index >= 15 is 0 Å². The minimum Gasteiger partial charge on any atom is -0.391 e. The molecule has 6 nitrogen and oxygen atoms in total. The van der Waals surface area contributed by atoms with Crippen LogP contribution in [-0.4, -0.2) is 69.1 Å². The normalized spacial score (nSPS) is 28.3. The van der Waals surface area contributed by atoms with Crippen LogP contribution in [0.3, 0.4) is 0 Å². The largest absolute Gasteiger partial charge is 0.391 e. The van der Waals surface area contributed by atoms with Gasteiger partial charge in [0.05, 0.1) is 11.5 Å². The van der Waals surface area contributed by atoms with Gasteiger partial charge in [-0.2, -0.15) is 0 Å². The third-order valence-electron chi connectivity index (χ3n) is 4.41. The van der Waals surface area contributed by atoms with Crippen molar-refractivity contribution in [3.8, 4) is 0 Å². The molecule has 2 fully saturated rings. The summed E-state index contributed by atoms with van der Waals surface area (Å²) in [5, 5.41) is 9.72. The topological polar surface area (TPSA) is 86.9 Å². The van der Waals surface area contributed by atoms with Gasteiger partial charge in [-0.25, -0.2) is 0 Å². The minimum absolute atomic E-state index is 0.0346.